The molecule has 1 aliphatic carbocycles. The zero-order valence-electron chi connectivity index (χ0n) is 8.76. The maximum atomic E-state index is 5.78. The molecule has 1 fully saturated rings. The largest absolute Gasteiger partial charge is 0.355 e. The summed E-state index contributed by atoms with van der Waals surface area (Å²) in [6.45, 7) is 4.87. The van der Waals surface area contributed by atoms with Gasteiger partial charge in [-0.2, -0.15) is 0 Å². The monoisotopic (exact) mass is 211 g/mol. The summed E-state index contributed by atoms with van der Waals surface area (Å²) in [5.74, 6) is 0. The second kappa shape index (κ2) is 3.51. The van der Waals surface area contributed by atoms with E-state index < -0.39 is 0 Å². The molecule has 0 amide bonds. The fraction of sp³-hybridized carbons (Fsp3) is 0.700. The average molecular weight is 211 g/mol. The Morgan fingerprint density at radius 2 is 2.21 bits per heavy atom. The molecule has 0 aliphatic heterocycles. The van der Waals surface area contributed by atoms with E-state index in [0.717, 1.165) is 10.8 Å². The predicted molar refractivity (Wildman–Crippen MR) is 60.8 cm³/mol. The Hall–Kier alpha value is -0.610. The van der Waals surface area contributed by atoms with Crippen molar-refractivity contribution in [2.24, 2.45) is 5.73 Å². The third-order valence-electron chi connectivity index (χ3n) is 3.10. The van der Waals surface area contributed by atoms with E-state index in [1.165, 1.54) is 24.1 Å². The maximum Gasteiger partial charge on any atom is 0.183 e. The first-order chi connectivity index (χ1) is 6.65. The smallest absolute Gasteiger partial charge is 0.183 e. The maximum absolute atomic E-state index is 5.78. The predicted octanol–water partition coefficient (Wildman–Crippen LogP) is 2.05. The van der Waals surface area contributed by atoms with Gasteiger partial charge in [-0.3, -0.25) is 0 Å². The van der Waals surface area contributed by atoms with Crippen LogP contribution >= 0.6 is 11.3 Å². The van der Waals surface area contributed by atoms with Crippen LogP contribution in [0.15, 0.2) is 0 Å². The minimum absolute atomic E-state index is 0.150. The molecule has 1 heterocycles. The molecule has 0 unspecified atom stereocenters. The summed E-state index contributed by atoms with van der Waals surface area (Å²) in [4.78, 5) is 5.77. The Bertz CT molecular complexity index is 303. The van der Waals surface area contributed by atoms with Gasteiger partial charge in [-0.25, -0.2) is 4.98 Å². The Morgan fingerprint density at radius 3 is 2.57 bits per heavy atom. The molecule has 4 heteroatoms. The Kier molecular flexibility index (Phi) is 2.49. The third-order valence-corrected chi connectivity index (χ3v) is 4.09. The highest BCUT2D eigenvalue weighted by Crippen LogP contribution is 2.35. The van der Waals surface area contributed by atoms with Crippen molar-refractivity contribution in [2.45, 2.75) is 38.6 Å². The number of thiazole rings is 1. The normalized spacial score (nSPS) is 19.1. The van der Waals surface area contributed by atoms with E-state index in [1.807, 2.05) is 6.92 Å². The van der Waals surface area contributed by atoms with Gasteiger partial charge in [0.2, 0.25) is 0 Å². The highest BCUT2D eigenvalue weighted by atomic mass is 32.1. The van der Waals surface area contributed by atoms with Gasteiger partial charge in [0.25, 0.3) is 0 Å². The van der Waals surface area contributed by atoms with Gasteiger partial charge in [0.15, 0.2) is 5.13 Å². The molecular weight excluding hydrogens is 194 g/mol. The van der Waals surface area contributed by atoms with E-state index >= 15 is 0 Å². The molecular formula is C10H17N3S. The van der Waals surface area contributed by atoms with Crippen LogP contribution in [0.1, 0.15) is 29.8 Å². The molecule has 0 atom stereocenters. The van der Waals surface area contributed by atoms with Crippen LogP contribution < -0.4 is 11.1 Å². The van der Waals surface area contributed by atoms with E-state index in [9.17, 15) is 0 Å². The average Bonchev–Trinajstić information content (AvgIpc) is 2.39. The molecule has 1 aliphatic rings. The van der Waals surface area contributed by atoms with Crippen LogP contribution in [-0.2, 0) is 0 Å². The molecule has 2 rings (SSSR count). The van der Waals surface area contributed by atoms with E-state index in [1.54, 1.807) is 11.3 Å². The quantitative estimate of drug-likeness (QED) is 0.804. The lowest BCUT2D eigenvalue weighted by atomic mass is 9.77. The van der Waals surface area contributed by atoms with E-state index in [0.29, 0.717) is 6.54 Å². The van der Waals surface area contributed by atoms with Crippen LogP contribution in [0.3, 0.4) is 0 Å². The lowest BCUT2D eigenvalue weighted by Gasteiger charge is -2.41. The molecule has 3 N–H and O–H groups in total. The van der Waals surface area contributed by atoms with Gasteiger partial charge < -0.3 is 11.1 Å². The number of hydrogen-bond acceptors (Lipinski definition) is 4. The molecule has 0 radical (unpaired) electrons. The van der Waals surface area contributed by atoms with Gasteiger partial charge >= 0.3 is 0 Å². The number of anilines is 1. The number of aryl methyl sites for hydroxylation is 2. The van der Waals surface area contributed by atoms with E-state index in [2.05, 4.69) is 17.2 Å². The van der Waals surface area contributed by atoms with Gasteiger partial charge in [0.05, 0.1) is 11.2 Å². The van der Waals surface area contributed by atoms with Gasteiger partial charge in [-0.1, -0.05) is 0 Å². The lowest BCUT2D eigenvalue weighted by Crippen LogP contribution is -2.51. The number of nitrogens with zero attached hydrogens (tertiary/aromatic N) is 1. The second-order valence-corrected chi connectivity index (χ2v) is 5.33. The van der Waals surface area contributed by atoms with Crippen LogP contribution in [0, 0.1) is 13.8 Å². The van der Waals surface area contributed by atoms with Gasteiger partial charge in [0, 0.05) is 11.4 Å². The summed E-state index contributed by atoms with van der Waals surface area (Å²) in [5, 5.41) is 4.52. The molecule has 1 aromatic rings. The minimum Gasteiger partial charge on any atom is -0.355 e. The first kappa shape index (κ1) is 9.93. The molecule has 0 bridgehead atoms. The van der Waals surface area contributed by atoms with Crippen molar-refractivity contribution in [3.05, 3.63) is 10.6 Å². The summed E-state index contributed by atoms with van der Waals surface area (Å²) in [7, 11) is 0. The fourth-order valence-corrected chi connectivity index (χ4v) is 2.67. The molecule has 0 spiro atoms. The standard InChI is InChI=1S/C10H17N3S/c1-7-8(2)14-9(12-7)13-10(6-11)4-3-5-10/h3-6,11H2,1-2H3,(H,12,13). The van der Waals surface area contributed by atoms with E-state index in [4.69, 9.17) is 5.73 Å². The lowest BCUT2D eigenvalue weighted by molar-refractivity contribution is 0.287. The Labute approximate surface area is 88.7 Å². The van der Waals surface area contributed by atoms with Gasteiger partial charge in [-0.05, 0) is 33.1 Å². The third kappa shape index (κ3) is 1.64. The zero-order valence-corrected chi connectivity index (χ0v) is 9.58. The summed E-state index contributed by atoms with van der Waals surface area (Å²) >= 11 is 1.73. The van der Waals surface area contributed by atoms with Crippen molar-refractivity contribution in [1.82, 2.24) is 4.98 Å². The van der Waals surface area contributed by atoms with Crippen molar-refractivity contribution in [1.29, 1.82) is 0 Å². The topological polar surface area (TPSA) is 50.9 Å². The van der Waals surface area contributed by atoms with Crippen LogP contribution in [0.25, 0.3) is 0 Å². The Morgan fingerprint density at radius 1 is 1.50 bits per heavy atom. The summed E-state index contributed by atoms with van der Waals surface area (Å²) < 4.78 is 0. The van der Waals surface area contributed by atoms with E-state index in [-0.39, 0.29) is 5.54 Å². The van der Waals surface area contributed by atoms with Crippen molar-refractivity contribution in [2.75, 3.05) is 11.9 Å². The minimum atomic E-state index is 0.150. The highest BCUT2D eigenvalue weighted by Gasteiger charge is 2.36. The van der Waals surface area contributed by atoms with Gasteiger partial charge in [0.1, 0.15) is 0 Å². The molecule has 0 saturated heterocycles. The highest BCUT2D eigenvalue weighted by molar-refractivity contribution is 7.15. The van der Waals surface area contributed by atoms with Crippen LogP contribution in [0.2, 0.25) is 0 Å². The van der Waals surface area contributed by atoms with Crippen molar-refractivity contribution >= 4 is 16.5 Å². The zero-order chi connectivity index (χ0) is 10.2. The second-order valence-electron chi connectivity index (χ2n) is 4.12. The fourth-order valence-electron chi connectivity index (χ4n) is 1.74. The molecule has 3 nitrogen and oxygen atoms in total. The van der Waals surface area contributed by atoms with Crippen molar-refractivity contribution in [3.63, 3.8) is 0 Å². The molecule has 78 valence electrons. The van der Waals surface area contributed by atoms with Crippen molar-refractivity contribution in [3.8, 4) is 0 Å². The Balaban J connectivity index is 2.09. The number of hydrogen-bond donors (Lipinski definition) is 2. The summed E-state index contributed by atoms with van der Waals surface area (Å²) in [5.41, 5.74) is 7.05. The summed E-state index contributed by atoms with van der Waals surface area (Å²) in [6, 6.07) is 0. The first-order valence-corrected chi connectivity index (χ1v) is 5.89. The van der Waals surface area contributed by atoms with Crippen LogP contribution in [-0.4, -0.2) is 17.1 Å². The molecule has 14 heavy (non-hydrogen) atoms. The number of rotatable bonds is 3. The summed E-state index contributed by atoms with van der Waals surface area (Å²) in [6.07, 6.45) is 3.65. The molecule has 1 saturated carbocycles. The number of nitrogens with two attached hydrogens (primary N) is 1. The van der Waals surface area contributed by atoms with Gasteiger partial charge in [-0.15, -0.1) is 11.3 Å². The van der Waals surface area contributed by atoms with Crippen LogP contribution in [0.4, 0.5) is 5.13 Å². The molecule has 1 aromatic heterocycles. The number of aromatic nitrogens is 1. The molecule has 0 aromatic carbocycles. The van der Waals surface area contributed by atoms with Crippen molar-refractivity contribution < 1.29 is 0 Å². The first-order valence-electron chi connectivity index (χ1n) is 5.07. The SMILES string of the molecule is Cc1nc(NC2(CN)CCC2)sc1C. The number of nitrogens with one attached hydrogen (secondary N) is 1. The van der Waals surface area contributed by atoms with Crippen LogP contribution in [0.5, 0.6) is 0 Å².